The summed E-state index contributed by atoms with van der Waals surface area (Å²) in [6.07, 6.45) is 4.31. The highest BCUT2D eigenvalue weighted by molar-refractivity contribution is 5.95. The predicted octanol–water partition coefficient (Wildman–Crippen LogP) is 2.79. The second kappa shape index (κ2) is 6.63. The monoisotopic (exact) mass is 329 g/mol. The number of nitrogens with zero attached hydrogens (tertiary/aromatic N) is 2. The van der Waals surface area contributed by atoms with Crippen molar-refractivity contribution >= 4 is 23.3 Å². The molecule has 3 rings (SSSR count). The van der Waals surface area contributed by atoms with Gasteiger partial charge in [-0.15, -0.1) is 0 Å². The average molecular weight is 329 g/mol. The first-order valence-corrected chi connectivity index (χ1v) is 8.43. The van der Waals surface area contributed by atoms with Crippen LogP contribution >= 0.6 is 0 Å². The largest absolute Gasteiger partial charge is 0.481 e. The van der Waals surface area contributed by atoms with Crippen LogP contribution in [0, 0.1) is 0 Å². The first-order valence-electron chi connectivity index (χ1n) is 8.43. The lowest BCUT2D eigenvalue weighted by molar-refractivity contribution is -0.138. The molecule has 1 aromatic carbocycles. The molecule has 2 aliphatic rings. The Bertz CT molecular complexity index is 661. The van der Waals surface area contributed by atoms with Crippen molar-refractivity contribution in [3.05, 3.63) is 29.8 Å². The van der Waals surface area contributed by atoms with Gasteiger partial charge in [0.15, 0.2) is 0 Å². The number of carboxylic acids is 1. The Hall–Kier alpha value is -2.37. The number of carboxylic acid groups (broad SMARTS) is 1. The summed E-state index contributed by atoms with van der Waals surface area (Å²) < 4.78 is 0. The van der Waals surface area contributed by atoms with Crippen molar-refractivity contribution in [1.29, 1.82) is 0 Å². The molecule has 1 heterocycles. The van der Waals surface area contributed by atoms with Gasteiger partial charge in [-0.25, -0.2) is 0 Å². The van der Waals surface area contributed by atoms with Crippen LogP contribution in [0.3, 0.4) is 0 Å². The normalized spacial score (nSPS) is 19.2. The maximum Gasteiger partial charge on any atom is 0.305 e. The van der Waals surface area contributed by atoms with E-state index in [-0.39, 0.29) is 12.3 Å². The standard InChI is InChI=1S/C18H23N3O3/c1-13-8-11-21(20-13)15-6-4-14(5-7-15)17(24)19-18(12-16(22)23)9-2-3-10-18/h4-7H,2-3,8-12H2,1H3,(H,19,24)(H,22,23). The molecule has 1 aliphatic heterocycles. The molecule has 0 unspecified atom stereocenters. The molecule has 128 valence electrons. The van der Waals surface area contributed by atoms with Crippen LogP contribution in [-0.4, -0.2) is 34.8 Å². The quantitative estimate of drug-likeness (QED) is 0.870. The van der Waals surface area contributed by atoms with Crippen LogP contribution in [-0.2, 0) is 4.79 Å². The molecule has 0 radical (unpaired) electrons. The molecule has 1 saturated carbocycles. The van der Waals surface area contributed by atoms with Crippen LogP contribution in [0.4, 0.5) is 5.69 Å². The van der Waals surface area contributed by atoms with E-state index in [4.69, 9.17) is 5.11 Å². The number of carbonyl (C=O) groups excluding carboxylic acids is 1. The van der Waals surface area contributed by atoms with Gasteiger partial charge in [0.2, 0.25) is 0 Å². The van der Waals surface area contributed by atoms with Crippen LogP contribution in [0.2, 0.25) is 0 Å². The first kappa shape index (κ1) is 16.5. The number of rotatable bonds is 5. The van der Waals surface area contributed by atoms with Gasteiger partial charge in [0.1, 0.15) is 0 Å². The summed E-state index contributed by atoms with van der Waals surface area (Å²) in [6.45, 7) is 2.87. The molecule has 1 aliphatic carbocycles. The zero-order valence-electron chi connectivity index (χ0n) is 13.9. The Kier molecular flexibility index (Phi) is 4.55. The van der Waals surface area contributed by atoms with Crippen molar-refractivity contribution in [3.8, 4) is 0 Å². The highest BCUT2D eigenvalue weighted by atomic mass is 16.4. The van der Waals surface area contributed by atoms with Crippen LogP contribution in [0.1, 0.15) is 55.8 Å². The highest BCUT2D eigenvalue weighted by Gasteiger charge is 2.37. The van der Waals surface area contributed by atoms with E-state index >= 15 is 0 Å². The molecular weight excluding hydrogens is 306 g/mol. The van der Waals surface area contributed by atoms with E-state index in [1.807, 2.05) is 24.1 Å². The third-order valence-corrected chi connectivity index (χ3v) is 4.83. The minimum Gasteiger partial charge on any atom is -0.481 e. The second-order valence-corrected chi connectivity index (χ2v) is 6.77. The predicted molar refractivity (Wildman–Crippen MR) is 92.4 cm³/mol. The molecule has 0 spiro atoms. The summed E-state index contributed by atoms with van der Waals surface area (Å²) >= 11 is 0. The Morgan fingerprint density at radius 2 is 1.92 bits per heavy atom. The summed E-state index contributed by atoms with van der Waals surface area (Å²) in [5, 5.41) is 18.5. The lowest BCUT2D eigenvalue weighted by Crippen LogP contribution is -2.47. The Morgan fingerprint density at radius 3 is 2.46 bits per heavy atom. The minimum atomic E-state index is -0.866. The maximum atomic E-state index is 12.5. The van der Waals surface area contributed by atoms with Crippen molar-refractivity contribution in [2.45, 2.75) is 51.0 Å². The van der Waals surface area contributed by atoms with E-state index in [0.29, 0.717) is 5.56 Å². The Morgan fingerprint density at radius 1 is 1.25 bits per heavy atom. The topological polar surface area (TPSA) is 82.0 Å². The zero-order valence-corrected chi connectivity index (χ0v) is 13.9. The van der Waals surface area contributed by atoms with Crippen molar-refractivity contribution in [3.63, 3.8) is 0 Å². The fourth-order valence-electron chi connectivity index (χ4n) is 3.55. The van der Waals surface area contributed by atoms with Crippen molar-refractivity contribution in [2.24, 2.45) is 5.10 Å². The van der Waals surface area contributed by atoms with Crippen LogP contribution in [0.5, 0.6) is 0 Å². The van der Waals surface area contributed by atoms with Gasteiger partial charge in [-0.2, -0.15) is 5.10 Å². The molecule has 2 N–H and O–H groups in total. The average Bonchev–Trinajstić information content (AvgIpc) is 3.16. The van der Waals surface area contributed by atoms with Crippen molar-refractivity contribution < 1.29 is 14.7 Å². The number of hydrazone groups is 1. The molecule has 0 bridgehead atoms. The second-order valence-electron chi connectivity index (χ2n) is 6.77. The summed E-state index contributed by atoms with van der Waals surface area (Å²) in [6, 6.07) is 7.32. The molecule has 1 aromatic rings. The van der Waals surface area contributed by atoms with E-state index in [1.165, 1.54) is 0 Å². The molecule has 0 aromatic heterocycles. The molecule has 24 heavy (non-hydrogen) atoms. The Labute approximate surface area is 141 Å². The first-order chi connectivity index (χ1) is 11.5. The van der Waals surface area contributed by atoms with E-state index in [9.17, 15) is 9.59 Å². The molecular formula is C18H23N3O3. The van der Waals surface area contributed by atoms with Crippen LogP contribution < -0.4 is 10.3 Å². The number of nitrogens with one attached hydrogen (secondary N) is 1. The third kappa shape index (κ3) is 3.58. The van der Waals surface area contributed by atoms with Gasteiger partial charge in [-0.1, -0.05) is 12.8 Å². The summed E-state index contributed by atoms with van der Waals surface area (Å²) in [7, 11) is 0. The van der Waals surface area contributed by atoms with Gasteiger partial charge >= 0.3 is 5.97 Å². The van der Waals surface area contributed by atoms with Gasteiger partial charge in [-0.05, 0) is 44.0 Å². The zero-order chi connectivity index (χ0) is 17.2. The number of anilines is 1. The minimum absolute atomic E-state index is 0.0153. The fourth-order valence-corrected chi connectivity index (χ4v) is 3.55. The van der Waals surface area contributed by atoms with Crippen LogP contribution in [0.15, 0.2) is 29.4 Å². The number of amides is 1. The number of hydrogen-bond acceptors (Lipinski definition) is 4. The molecule has 6 heteroatoms. The van der Waals surface area contributed by atoms with E-state index in [1.54, 1.807) is 12.1 Å². The molecule has 0 saturated heterocycles. The summed E-state index contributed by atoms with van der Waals surface area (Å²) in [4.78, 5) is 23.7. The lowest BCUT2D eigenvalue weighted by atomic mass is 9.92. The number of carbonyl (C=O) groups is 2. The molecule has 6 nitrogen and oxygen atoms in total. The maximum absolute atomic E-state index is 12.5. The number of aliphatic carboxylic acids is 1. The summed E-state index contributed by atoms with van der Waals surface area (Å²) in [5.74, 6) is -1.07. The van der Waals surface area contributed by atoms with Crippen molar-refractivity contribution in [2.75, 3.05) is 11.6 Å². The SMILES string of the molecule is CC1=NN(c2ccc(C(=O)NC3(CC(=O)O)CCCC3)cc2)CC1. The van der Waals surface area contributed by atoms with E-state index in [2.05, 4.69) is 10.4 Å². The van der Waals surface area contributed by atoms with E-state index < -0.39 is 11.5 Å². The Balaban J connectivity index is 1.69. The van der Waals surface area contributed by atoms with Crippen LogP contribution in [0.25, 0.3) is 0 Å². The number of benzene rings is 1. The van der Waals surface area contributed by atoms with Gasteiger partial charge < -0.3 is 10.4 Å². The summed E-state index contributed by atoms with van der Waals surface area (Å²) in [5.41, 5.74) is 2.02. The highest BCUT2D eigenvalue weighted by Crippen LogP contribution is 2.33. The number of hydrogen-bond donors (Lipinski definition) is 2. The third-order valence-electron chi connectivity index (χ3n) is 4.83. The van der Waals surface area contributed by atoms with Crippen molar-refractivity contribution in [1.82, 2.24) is 5.32 Å². The smallest absolute Gasteiger partial charge is 0.305 e. The fraction of sp³-hybridized carbons (Fsp3) is 0.500. The molecule has 1 amide bonds. The lowest BCUT2D eigenvalue weighted by Gasteiger charge is -2.28. The van der Waals surface area contributed by atoms with Gasteiger partial charge in [-0.3, -0.25) is 14.6 Å². The van der Waals surface area contributed by atoms with Gasteiger partial charge in [0.25, 0.3) is 5.91 Å². The van der Waals surface area contributed by atoms with Gasteiger partial charge in [0.05, 0.1) is 17.6 Å². The van der Waals surface area contributed by atoms with Gasteiger partial charge in [0, 0.05) is 24.2 Å². The molecule has 1 fully saturated rings. The van der Waals surface area contributed by atoms with E-state index in [0.717, 1.165) is 50.0 Å². The molecule has 0 atom stereocenters.